The minimum Gasteiger partial charge on any atom is -0.399 e. The molecule has 0 spiro atoms. The fraction of sp³-hybridized carbons (Fsp3) is 0.333. The molecule has 1 fully saturated rings. The molecular weight excluding hydrogens is 426 g/mol. The Hall–Kier alpha value is -3.62. The molecule has 2 aromatic carbocycles. The van der Waals surface area contributed by atoms with Gasteiger partial charge in [0.05, 0.1) is 5.52 Å². The van der Waals surface area contributed by atoms with Gasteiger partial charge in [0, 0.05) is 47.1 Å². The number of piperidine rings is 1. The van der Waals surface area contributed by atoms with E-state index < -0.39 is 11.6 Å². The molecule has 1 saturated heterocycles. The highest BCUT2D eigenvalue weighted by molar-refractivity contribution is 5.99. The Morgan fingerprint density at radius 1 is 1.06 bits per heavy atom. The third-order valence-corrected chi connectivity index (χ3v) is 6.08. The van der Waals surface area contributed by atoms with E-state index in [1.165, 1.54) is 24.5 Å². The topological polar surface area (TPSA) is 94.0 Å². The Kier molecular flexibility index (Phi) is 5.39. The number of fused-ring (bicyclic) bond motifs is 1. The molecule has 2 aromatic heterocycles. The fourth-order valence-electron chi connectivity index (χ4n) is 4.32. The molecule has 0 bridgehead atoms. The monoisotopic (exact) mass is 450 g/mol. The van der Waals surface area contributed by atoms with Gasteiger partial charge in [-0.25, -0.2) is 18.7 Å². The summed E-state index contributed by atoms with van der Waals surface area (Å²) in [4.78, 5) is 15.5. The highest BCUT2D eigenvalue weighted by atomic mass is 19.1. The van der Waals surface area contributed by atoms with Gasteiger partial charge >= 0.3 is 0 Å². The van der Waals surface area contributed by atoms with Crippen molar-refractivity contribution in [2.45, 2.75) is 38.5 Å². The van der Waals surface area contributed by atoms with Crippen LogP contribution in [0.1, 0.15) is 50.2 Å². The van der Waals surface area contributed by atoms with Gasteiger partial charge < -0.3 is 15.2 Å². The molecule has 0 radical (unpaired) electrons. The van der Waals surface area contributed by atoms with Crippen LogP contribution in [0.25, 0.3) is 22.0 Å². The van der Waals surface area contributed by atoms with E-state index in [4.69, 9.17) is 10.3 Å². The van der Waals surface area contributed by atoms with E-state index in [-0.39, 0.29) is 17.4 Å². The minimum atomic E-state index is -0.524. The largest absolute Gasteiger partial charge is 0.399 e. The first-order valence-corrected chi connectivity index (χ1v) is 11.0. The molecule has 1 aliphatic rings. The summed E-state index contributed by atoms with van der Waals surface area (Å²) in [6, 6.07) is 7.06. The zero-order valence-electron chi connectivity index (χ0n) is 18.4. The van der Waals surface area contributed by atoms with Crippen LogP contribution in [0.15, 0.2) is 41.2 Å². The normalized spacial score (nSPS) is 15.0. The van der Waals surface area contributed by atoms with Crippen LogP contribution in [-0.2, 0) is 0 Å². The number of hydrogen-bond donors (Lipinski definition) is 1. The maximum absolute atomic E-state index is 14.6. The number of aromatic nitrogens is 4. The van der Waals surface area contributed by atoms with Crippen LogP contribution in [-0.4, -0.2) is 33.2 Å². The second-order valence-electron chi connectivity index (χ2n) is 8.69. The fourth-order valence-corrected chi connectivity index (χ4v) is 4.32. The summed E-state index contributed by atoms with van der Waals surface area (Å²) in [6.07, 6.45) is 3.07. The van der Waals surface area contributed by atoms with Gasteiger partial charge in [0.1, 0.15) is 23.8 Å². The van der Waals surface area contributed by atoms with E-state index in [1.807, 2.05) is 13.8 Å². The quantitative estimate of drug-likeness (QED) is 0.435. The lowest BCUT2D eigenvalue weighted by Crippen LogP contribution is -2.34. The second-order valence-corrected chi connectivity index (χ2v) is 8.69. The summed E-state index contributed by atoms with van der Waals surface area (Å²) in [5, 5.41) is 4.70. The molecule has 4 aromatic rings. The highest BCUT2D eigenvalue weighted by Gasteiger charge is 2.27. The van der Waals surface area contributed by atoms with E-state index in [0.717, 1.165) is 18.7 Å². The number of rotatable bonds is 4. The Balaban J connectivity index is 1.46. The zero-order chi connectivity index (χ0) is 23.1. The van der Waals surface area contributed by atoms with Crippen molar-refractivity contribution in [2.75, 3.05) is 23.7 Å². The maximum atomic E-state index is 14.6. The van der Waals surface area contributed by atoms with E-state index >= 15 is 0 Å². The van der Waals surface area contributed by atoms with Gasteiger partial charge in [0.15, 0.2) is 5.82 Å². The van der Waals surface area contributed by atoms with Gasteiger partial charge in [-0.05, 0) is 43.2 Å². The summed E-state index contributed by atoms with van der Waals surface area (Å²) >= 11 is 0. The van der Waals surface area contributed by atoms with Crippen molar-refractivity contribution in [2.24, 2.45) is 0 Å². The number of anilines is 2. The van der Waals surface area contributed by atoms with Crippen LogP contribution in [0, 0.1) is 11.6 Å². The summed E-state index contributed by atoms with van der Waals surface area (Å²) in [6.45, 7) is 5.43. The van der Waals surface area contributed by atoms with Crippen molar-refractivity contribution < 1.29 is 13.3 Å². The molecule has 0 aliphatic carbocycles. The van der Waals surface area contributed by atoms with Crippen molar-refractivity contribution in [3.8, 4) is 11.1 Å². The molecule has 1 aliphatic heterocycles. The van der Waals surface area contributed by atoms with Gasteiger partial charge in [0.25, 0.3) is 0 Å². The first-order chi connectivity index (χ1) is 15.9. The molecule has 33 heavy (non-hydrogen) atoms. The highest BCUT2D eigenvalue weighted by Crippen LogP contribution is 2.36. The van der Waals surface area contributed by atoms with Crippen LogP contribution in [0.2, 0.25) is 0 Å². The maximum Gasteiger partial charge on any atom is 0.229 e. The number of benzene rings is 2. The number of nitrogens with two attached hydrogens (primary N) is 1. The van der Waals surface area contributed by atoms with Crippen molar-refractivity contribution in [1.29, 1.82) is 0 Å². The lowest BCUT2D eigenvalue weighted by atomic mass is 9.95. The molecule has 0 amide bonds. The molecule has 0 atom stereocenters. The number of nitrogen functional groups attached to an aromatic ring is 1. The summed E-state index contributed by atoms with van der Waals surface area (Å²) in [7, 11) is 0. The van der Waals surface area contributed by atoms with Crippen LogP contribution < -0.4 is 10.6 Å². The molecule has 170 valence electrons. The Morgan fingerprint density at radius 2 is 1.85 bits per heavy atom. The van der Waals surface area contributed by atoms with Crippen LogP contribution in [0.4, 0.5) is 20.3 Å². The average Bonchev–Trinajstić information content (AvgIpc) is 3.29. The average molecular weight is 450 g/mol. The Bertz CT molecular complexity index is 1310. The Morgan fingerprint density at radius 3 is 2.55 bits per heavy atom. The molecule has 7 nitrogen and oxygen atoms in total. The predicted octanol–water partition coefficient (Wildman–Crippen LogP) is 5.05. The standard InChI is InChI=1S/C24H24F2N6O/c1-13(2)24-30-22(31-33-24)14-5-7-32(8-6-14)23-19-10-15(25)9-18(21(19)28-12-29-23)17-4-3-16(27)11-20(17)26/h3-4,9-14H,5-8,27H2,1-2H3. The van der Waals surface area contributed by atoms with Crippen molar-refractivity contribution >= 4 is 22.4 Å². The number of halogens is 2. The van der Waals surface area contributed by atoms with E-state index in [9.17, 15) is 8.78 Å². The summed E-state index contributed by atoms with van der Waals surface area (Å²) in [5.41, 5.74) is 7.09. The lowest BCUT2D eigenvalue weighted by Gasteiger charge is -2.32. The van der Waals surface area contributed by atoms with Crippen molar-refractivity contribution in [3.05, 3.63) is 60.0 Å². The third kappa shape index (κ3) is 3.99. The van der Waals surface area contributed by atoms with Crippen LogP contribution in [0.5, 0.6) is 0 Å². The SMILES string of the molecule is CC(C)c1nc(C2CCN(c3ncnc4c(-c5ccc(N)cc5F)cc(F)cc34)CC2)no1. The van der Waals surface area contributed by atoms with Gasteiger partial charge in [-0.2, -0.15) is 4.98 Å². The summed E-state index contributed by atoms with van der Waals surface area (Å²) < 4.78 is 34.6. The third-order valence-electron chi connectivity index (χ3n) is 6.08. The van der Waals surface area contributed by atoms with E-state index in [1.54, 1.807) is 12.1 Å². The van der Waals surface area contributed by atoms with Gasteiger partial charge in [0.2, 0.25) is 5.89 Å². The molecule has 5 rings (SSSR count). The van der Waals surface area contributed by atoms with E-state index in [2.05, 4.69) is 25.0 Å². The lowest BCUT2D eigenvalue weighted by molar-refractivity contribution is 0.353. The van der Waals surface area contributed by atoms with Gasteiger partial charge in [-0.15, -0.1) is 0 Å². The minimum absolute atomic E-state index is 0.189. The van der Waals surface area contributed by atoms with Gasteiger partial charge in [-0.3, -0.25) is 0 Å². The first-order valence-electron chi connectivity index (χ1n) is 11.0. The number of hydrogen-bond acceptors (Lipinski definition) is 7. The molecule has 2 N–H and O–H groups in total. The smallest absolute Gasteiger partial charge is 0.229 e. The van der Waals surface area contributed by atoms with Gasteiger partial charge in [-0.1, -0.05) is 19.0 Å². The van der Waals surface area contributed by atoms with Crippen molar-refractivity contribution in [1.82, 2.24) is 20.1 Å². The summed E-state index contributed by atoms with van der Waals surface area (Å²) in [5.74, 6) is 1.39. The zero-order valence-corrected chi connectivity index (χ0v) is 18.4. The second kappa shape index (κ2) is 8.38. The predicted molar refractivity (Wildman–Crippen MR) is 122 cm³/mol. The molecule has 0 unspecified atom stereocenters. The number of nitrogens with zero attached hydrogens (tertiary/aromatic N) is 5. The molecule has 3 heterocycles. The van der Waals surface area contributed by atoms with Crippen LogP contribution >= 0.6 is 0 Å². The molecule has 9 heteroatoms. The Labute approximate surface area is 189 Å². The molecule has 0 saturated carbocycles. The first kappa shape index (κ1) is 21.2. The van der Waals surface area contributed by atoms with Crippen molar-refractivity contribution in [3.63, 3.8) is 0 Å². The van der Waals surface area contributed by atoms with E-state index in [0.29, 0.717) is 47.0 Å². The molecular formula is C24H24F2N6O. The van der Waals surface area contributed by atoms with Crippen LogP contribution in [0.3, 0.4) is 0 Å².